The van der Waals surface area contributed by atoms with Crippen molar-refractivity contribution < 1.29 is 4.79 Å². The van der Waals surface area contributed by atoms with Gasteiger partial charge in [0.2, 0.25) is 5.16 Å². The maximum absolute atomic E-state index is 12.9. The Morgan fingerprint density at radius 1 is 1.06 bits per heavy atom. The standard InChI is InChI=1S/C24H25N5OS/c1-16(19-9-5-4-6-10-19)14-25-22(30)21-12-8-7-11-20(21)15-31-24-27-23-26-17(2)13-18(3)29(23)28-24/h4-13,16H,14-15H2,1-3H3,(H,25,30). The van der Waals surface area contributed by atoms with E-state index in [0.29, 0.717) is 28.8 Å². The highest BCUT2D eigenvalue weighted by atomic mass is 32.2. The Hall–Kier alpha value is -3.19. The Morgan fingerprint density at radius 2 is 1.81 bits per heavy atom. The van der Waals surface area contributed by atoms with E-state index >= 15 is 0 Å². The summed E-state index contributed by atoms with van der Waals surface area (Å²) in [6.07, 6.45) is 0. The van der Waals surface area contributed by atoms with E-state index in [4.69, 9.17) is 0 Å². The highest BCUT2D eigenvalue weighted by molar-refractivity contribution is 7.98. The van der Waals surface area contributed by atoms with Gasteiger partial charge in [0.25, 0.3) is 11.7 Å². The molecule has 1 amide bonds. The van der Waals surface area contributed by atoms with Crippen LogP contribution in [0.2, 0.25) is 0 Å². The summed E-state index contributed by atoms with van der Waals surface area (Å²) in [7, 11) is 0. The van der Waals surface area contributed by atoms with Gasteiger partial charge in [-0.2, -0.15) is 4.98 Å². The molecule has 1 atom stereocenters. The van der Waals surface area contributed by atoms with E-state index in [1.807, 2.05) is 62.4 Å². The van der Waals surface area contributed by atoms with Gasteiger partial charge in [0.1, 0.15) is 0 Å². The van der Waals surface area contributed by atoms with Crippen LogP contribution in [0.15, 0.2) is 65.8 Å². The lowest BCUT2D eigenvalue weighted by Gasteiger charge is -2.14. The molecule has 0 bridgehead atoms. The maximum Gasteiger partial charge on any atom is 0.253 e. The zero-order valence-electron chi connectivity index (χ0n) is 17.9. The van der Waals surface area contributed by atoms with Crippen molar-refractivity contribution in [3.8, 4) is 0 Å². The minimum Gasteiger partial charge on any atom is -0.351 e. The number of carbonyl (C=O) groups is 1. The zero-order chi connectivity index (χ0) is 21.8. The van der Waals surface area contributed by atoms with E-state index < -0.39 is 0 Å². The molecule has 31 heavy (non-hydrogen) atoms. The predicted octanol–water partition coefficient (Wildman–Crippen LogP) is 4.57. The summed E-state index contributed by atoms with van der Waals surface area (Å²) in [4.78, 5) is 21.8. The molecule has 158 valence electrons. The predicted molar refractivity (Wildman–Crippen MR) is 123 cm³/mol. The largest absolute Gasteiger partial charge is 0.351 e. The molecule has 0 fully saturated rings. The van der Waals surface area contributed by atoms with Gasteiger partial charge in [-0.25, -0.2) is 9.50 Å². The van der Waals surface area contributed by atoms with Crippen molar-refractivity contribution in [1.82, 2.24) is 24.9 Å². The van der Waals surface area contributed by atoms with Gasteiger partial charge in [-0.3, -0.25) is 4.79 Å². The van der Waals surface area contributed by atoms with E-state index in [-0.39, 0.29) is 11.8 Å². The fourth-order valence-corrected chi connectivity index (χ4v) is 4.28. The average Bonchev–Trinajstić information content (AvgIpc) is 3.20. The lowest BCUT2D eigenvalue weighted by molar-refractivity contribution is 0.0951. The summed E-state index contributed by atoms with van der Waals surface area (Å²) in [5, 5.41) is 8.27. The lowest BCUT2D eigenvalue weighted by Crippen LogP contribution is -2.28. The van der Waals surface area contributed by atoms with Crippen molar-refractivity contribution in [2.45, 2.75) is 37.6 Å². The molecule has 0 aliphatic heterocycles. The van der Waals surface area contributed by atoms with Gasteiger partial charge in [-0.1, -0.05) is 67.2 Å². The second kappa shape index (κ2) is 9.31. The third-order valence-electron chi connectivity index (χ3n) is 5.16. The lowest BCUT2D eigenvalue weighted by atomic mass is 10.0. The molecule has 0 saturated carbocycles. The molecular formula is C24H25N5OS. The van der Waals surface area contributed by atoms with Crippen molar-refractivity contribution in [3.05, 3.63) is 88.7 Å². The summed E-state index contributed by atoms with van der Waals surface area (Å²) >= 11 is 1.50. The normalized spacial score (nSPS) is 12.1. The number of aromatic nitrogens is 4. The molecule has 7 heteroatoms. The Kier molecular flexibility index (Phi) is 6.32. The second-order valence-electron chi connectivity index (χ2n) is 7.61. The van der Waals surface area contributed by atoms with Crippen LogP contribution in [0.5, 0.6) is 0 Å². The first-order valence-corrected chi connectivity index (χ1v) is 11.2. The van der Waals surface area contributed by atoms with Crippen LogP contribution in [-0.4, -0.2) is 32.0 Å². The molecule has 0 radical (unpaired) electrons. The fraction of sp³-hybridized carbons (Fsp3) is 0.250. The molecule has 1 N–H and O–H groups in total. The van der Waals surface area contributed by atoms with Crippen molar-refractivity contribution in [2.24, 2.45) is 0 Å². The van der Waals surface area contributed by atoms with E-state index in [2.05, 4.69) is 39.4 Å². The summed E-state index contributed by atoms with van der Waals surface area (Å²) in [5.74, 6) is 1.39. The molecule has 1 unspecified atom stereocenters. The second-order valence-corrected chi connectivity index (χ2v) is 8.56. The van der Waals surface area contributed by atoms with Crippen molar-refractivity contribution in [3.63, 3.8) is 0 Å². The third-order valence-corrected chi connectivity index (χ3v) is 6.04. The SMILES string of the molecule is Cc1cc(C)n2nc(SCc3ccccc3C(=O)NCC(C)c3ccccc3)nc2n1. The number of rotatable bonds is 7. The van der Waals surface area contributed by atoms with E-state index in [0.717, 1.165) is 17.0 Å². The summed E-state index contributed by atoms with van der Waals surface area (Å²) < 4.78 is 1.75. The minimum absolute atomic E-state index is 0.0601. The van der Waals surface area contributed by atoms with Crippen LogP contribution in [0, 0.1) is 13.8 Å². The molecule has 0 aliphatic carbocycles. The number of hydrogen-bond acceptors (Lipinski definition) is 5. The molecule has 0 aliphatic rings. The number of nitrogens with zero attached hydrogens (tertiary/aromatic N) is 4. The van der Waals surface area contributed by atoms with Gasteiger partial charge in [-0.05, 0) is 43.0 Å². The highest BCUT2D eigenvalue weighted by Gasteiger charge is 2.14. The monoisotopic (exact) mass is 431 g/mol. The Bertz CT molecular complexity index is 1210. The number of benzene rings is 2. The Balaban J connectivity index is 1.43. The molecule has 2 aromatic heterocycles. The first-order chi connectivity index (χ1) is 15.0. The molecule has 2 heterocycles. The molecule has 0 spiro atoms. The highest BCUT2D eigenvalue weighted by Crippen LogP contribution is 2.23. The topological polar surface area (TPSA) is 72.2 Å². The molecule has 0 saturated heterocycles. The zero-order valence-corrected chi connectivity index (χ0v) is 18.7. The number of aryl methyl sites for hydroxylation is 2. The van der Waals surface area contributed by atoms with Gasteiger partial charge in [0.05, 0.1) is 0 Å². The van der Waals surface area contributed by atoms with E-state index in [9.17, 15) is 4.79 Å². The minimum atomic E-state index is -0.0601. The molecule has 4 aromatic rings. The van der Waals surface area contributed by atoms with Gasteiger partial charge in [0, 0.05) is 29.2 Å². The van der Waals surface area contributed by atoms with Crippen LogP contribution in [0.4, 0.5) is 0 Å². The number of carbonyl (C=O) groups excluding carboxylic acids is 1. The molecule has 2 aromatic carbocycles. The van der Waals surface area contributed by atoms with E-state index in [1.54, 1.807) is 4.52 Å². The van der Waals surface area contributed by atoms with Crippen molar-refractivity contribution in [2.75, 3.05) is 6.54 Å². The number of amides is 1. The average molecular weight is 432 g/mol. The van der Waals surface area contributed by atoms with Gasteiger partial charge >= 0.3 is 0 Å². The fourth-order valence-electron chi connectivity index (χ4n) is 3.46. The number of nitrogens with one attached hydrogen (secondary N) is 1. The molecule has 6 nitrogen and oxygen atoms in total. The van der Waals surface area contributed by atoms with Gasteiger partial charge in [0.15, 0.2) is 0 Å². The third kappa shape index (κ3) is 4.94. The number of thioether (sulfide) groups is 1. The maximum atomic E-state index is 12.9. The van der Waals surface area contributed by atoms with Crippen LogP contribution in [0.3, 0.4) is 0 Å². The first kappa shape index (κ1) is 21.1. The summed E-state index contributed by atoms with van der Waals surface area (Å²) in [6.45, 7) is 6.63. The van der Waals surface area contributed by atoms with Gasteiger partial charge < -0.3 is 5.32 Å². The molecular weight excluding hydrogens is 406 g/mol. The number of fused-ring (bicyclic) bond motifs is 1. The van der Waals surface area contributed by atoms with Crippen LogP contribution in [0.25, 0.3) is 5.78 Å². The van der Waals surface area contributed by atoms with Gasteiger partial charge in [-0.15, -0.1) is 5.10 Å². The van der Waals surface area contributed by atoms with Crippen LogP contribution >= 0.6 is 11.8 Å². The number of hydrogen-bond donors (Lipinski definition) is 1. The van der Waals surface area contributed by atoms with Crippen LogP contribution < -0.4 is 5.32 Å². The smallest absolute Gasteiger partial charge is 0.253 e. The Morgan fingerprint density at radius 3 is 2.61 bits per heavy atom. The Labute approximate surface area is 186 Å². The first-order valence-electron chi connectivity index (χ1n) is 10.3. The molecule has 4 rings (SSSR count). The van der Waals surface area contributed by atoms with Crippen LogP contribution in [-0.2, 0) is 5.75 Å². The van der Waals surface area contributed by atoms with Crippen molar-refractivity contribution in [1.29, 1.82) is 0 Å². The van der Waals surface area contributed by atoms with Crippen LogP contribution in [0.1, 0.15) is 45.7 Å². The van der Waals surface area contributed by atoms with Crippen molar-refractivity contribution >= 4 is 23.4 Å². The quantitative estimate of drug-likeness (QED) is 0.434. The summed E-state index contributed by atoms with van der Waals surface area (Å²) in [5.41, 5.74) is 4.76. The van der Waals surface area contributed by atoms with E-state index in [1.165, 1.54) is 17.3 Å². The summed E-state index contributed by atoms with van der Waals surface area (Å²) in [6, 6.07) is 19.9.